The van der Waals surface area contributed by atoms with Crippen molar-refractivity contribution in [2.45, 2.75) is 115 Å². The van der Waals surface area contributed by atoms with Crippen molar-refractivity contribution in [1.82, 2.24) is 0 Å². The van der Waals surface area contributed by atoms with Crippen LogP contribution in [0.1, 0.15) is 85.0 Å². The second-order valence-corrected chi connectivity index (χ2v) is 12.7. The van der Waals surface area contributed by atoms with E-state index >= 15 is 0 Å². The van der Waals surface area contributed by atoms with Gasteiger partial charge in [-0.2, -0.15) is 26.3 Å². The molecule has 0 spiro atoms. The molecule has 0 heterocycles. The summed E-state index contributed by atoms with van der Waals surface area (Å²) < 4.78 is 91.7. The van der Waals surface area contributed by atoms with Crippen molar-refractivity contribution in [3.8, 4) is 0 Å². The predicted octanol–water partition coefficient (Wildman–Crippen LogP) is 7.54. The highest BCUT2D eigenvalue weighted by molar-refractivity contribution is 5.28. The van der Waals surface area contributed by atoms with Crippen molar-refractivity contribution in [2.75, 3.05) is 0 Å². The maximum absolute atomic E-state index is 14.1. The van der Waals surface area contributed by atoms with E-state index in [1.54, 1.807) is 0 Å². The predicted molar refractivity (Wildman–Crippen MR) is 122 cm³/mol. The Morgan fingerprint density at radius 1 is 0.917 bits per heavy atom. The molecule has 2 nitrogen and oxygen atoms in total. The largest absolute Gasteiger partial charge is 0.431 e. The number of hydrogen-bond acceptors (Lipinski definition) is 2. The SMILES string of the molecule is C[C@H](CCCC(F)(C(F)(F)F)C(F)(F)F)[C@H]1CC[C@H]2[C@@H]3[C@@H](O)C=C4C[C@@H](O)CC[C@]4(C)[C@H]3CC[C@]12C. The van der Waals surface area contributed by atoms with Crippen LogP contribution in [-0.4, -0.2) is 40.4 Å². The molecule has 9 heteroatoms. The standard InChI is InChI=1S/C27H39F7O2/c1-15(5-4-10-25(28,26(29,30)31)27(32,33)34)18-6-7-19-22-20(9-12-24(18,19)3)23(2)11-8-17(35)13-16(23)14-21(22)36/h14-15,17-22,35-36H,4-13H2,1-3H3/t15-,17+,18-,19+,20+,21+,22+,23+,24-/m1/s1. The Labute approximate surface area is 208 Å². The van der Waals surface area contributed by atoms with Crippen molar-refractivity contribution >= 4 is 0 Å². The summed E-state index contributed by atoms with van der Waals surface area (Å²) in [5, 5.41) is 21.4. The van der Waals surface area contributed by atoms with Gasteiger partial charge in [-0.1, -0.05) is 38.8 Å². The van der Waals surface area contributed by atoms with E-state index in [0.717, 1.165) is 44.1 Å². The first-order valence-corrected chi connectivity index (χ1v) is 13.4. The number of aliphatic hydroxyl groups is 2. The van der Waals surface area contributed by atoms with E-state index in [1.165, 1.54) is 0 Å². The monoisotopic (exact) mass is 528 g/mol. The summed E-state index contributed by atoms with van der Waals surface area (Å²) in [4.78, 5) is 0. The average Bonchev–Trinajstić information content (AvgIpc) is 3.10. The number of alkyl halides is 7. The molecule has 3 fully saturated rings. The van der Waals surface area contributed by atoms with Crippen LogP contribution in [0.5, 0.6) is 0 Å². The van der Waals surface area contributed by atoms with Gasteiger partial charge in [0, 0.05) is 0 Å². The second kappa shape index (κ2) is 9.13. The molecule has 4 aliphatic carbocycles. The first kappa shape index (κ1) is 28.2. The van der Waals surface area contributed by atoms with E-state index in [4.69, 9.17) is 0 Å². The Balaban J connectivity index is 1.47. The Morgan fingerprint density at radius 2 is 1.56 bits per heavy atom. The third kappa shape index (κ3) is 4.32. The average molecular weight is 529 g/mol. The third-order valence-electron chi connectivity index (χ3n) is 10.9. The van der Waals surface area contributed by atoms with Gasteiger partial charge in [-0.25, -0.2) is 4.39 Å². The Kier molecular flexibility index (Phi) is 7.15. The van der Waals surface area contributed by atoms with Crippen LogP contribution in [0.4, 0.5) is 30.7 Å². The number of rotatable bonds is 5. The molecule has 3 saturated carbocycles. The fraction of sp³-hybridized carbons (Fsp3) is 0.926. The van der Waals surface area contributed by atoms with Gasteiger partial charge in [0.1, 0.15) is 0 Å². The van der Waals surface area contributed by atoms with Crippen molar-refractivity contribution < 1.29 is 40.9 Å². The van der Waals surface area contributed by atoms with Gasteiger partial charge in [0.15, 0.2) is 0 Å². The minimum Gasteiger partial charge on any atom is -0.393 e. The van der Waals surface area contributed by atoms with Crippen LogP contribution in [0.3, 0.4) is 0 Å². The highest BCUT2D eigenvalue weighted by Crippen LogP contribution is 2.67. The summed E-state index contributed by atoms with van der Waals surface area (Å²) in [6, 6.07) is 0. The topological polar surface area (TPSA) is 40.5 Å². The van der Waals surface area contributed by atoms with Crippen molar-refractivity contribution in [1.29, 1.82) is 0 Å². The van der Waals surface area contributed by atoms with E-state index in [-0.39, 0.29) is 52.9 Å². The smallest absolute Gasteiger partial charge is 0.393 e. The lowest BCUT2D eigenvalue weighted by atomic mass is 9.46. The molecule has 9 atom stereocenters. The maximum atomic E-state index is 14.1. The van der Waals surface area contributed by atoms with E-state index in [0.29, 0.717) is 6.42 Å². The molecule has 0 aromatic heterocycles. The van der Waals surface area contributed by atoms with Crippen LogP contribution in [0.15, 0.2) is 11.6 Å². The molecule has 4 rings (SSSR count). The molecule has 0 unspecified atom stereocenters. The number of hydrogen-bond donors (Lipinski definition) is 2. The van der Waals surface area contributed by atoms with E-state index < -0.39 is 37.0 Å². The molecule has 0 aliphatic heterocycles. The fourth-order valence-electron chi connectivity index (χ4n) is 8.92. The summed E-state index contributed by atoms with van der Waals surface area (Å²) in [5.74, 6) is 0.518. The first-order chi connectivity index (χ1) is 16.5. The van der Waals surface area contributed by atoms with Crippen LogP contribution >= 0.6 is 0 Å². The summed E-state index contributed by atoms with van der Waals surface area (Å²) in [6.07, 6.45) is -7.38. The molecule has 208 valence electrons. The van der Waals surface area contributed by atoms with Gasteiger partial charge in [0.2, 0.25) is 0 Å². The zero-order chi connectivity index (χ0) is 26.9. The minimum atomic E-state index is -5.99. The van der Waals surface area contributed by atoms with Crippen LogP contribution in [0, 0.1) is 40.4 Å². The molecular formula is C27H39F7O2. The van der Waals surface area contributed by atoms with Crippen LogP contribution in [0.25, 0.3) is 0 Å². The first-order valence-electron chi connectivity index (χ1n) is 13.4. The van der Waals surface area contributed by atoms with Gasteiger partial charge in [0.05, 0.1) is 12.2 Å². The molecule has 0 aromatic rings. The Bertz CT molecular complexity index is 838. The molecule has 0 amide bonds. The molecule has 0 bridgehead atoms. The van der Waals surface area contributed by atoms with Gasteiger partial charge in [-0.05, 0) is 98.2 Å². The fourth-order valence-corrected chi connectivity index (χ4v) is 8.92. The Morgan fingerprint density at radius 3 is 2.17 bits per heavy atom. The van der Waals surface area contributed by atoms with Gasteiger partial charge < -0.3 is 10.2 Å². The van der Waals surface area contributed by atoms with E-state index in [2.05, 4.69) is 13.8 Å². The molecule has 36 heavy (non-hydrogen) atoms. The lowest BCUT2D eigenvalue weighted by Crippen LogP contribution is -2.55. The number of aliphatic hydroxyl groups excluding tert-OH is 2. The van der Waals surface area contributed by atoms with Gasteiger partial charge in [-0.3, -0.25) is 0 Å². The lowest BCUT2D eigenvalue weighted by molar-refractivity contribution is -0.343. The van der Waals surface area contributed by atoms with Crippen molar-refractivity contribution in [3.05, 3.63) is 11.6 Å². The number of halogens is 7. The molecule has 0 aromatic carbocycles. The highest BCUT2D eigenvalue weighted by Gasteiger charge is 2.71. The Hall–Kier alpha value is -0.830. The summed E-state index contributed by atoms with van der Waals surface area (Å²) in [7, 11) is 0. The molecule has 0 saturated heterocycles. The van der Waals surface area contributed by atoms with E-state index in [9.17, 15) is 40.9 Å². The normalized spacial score (nSPS) is 42.3. The maximum Gasteiger partial charge on any atom is 0.431 e. The van der Waals surface area contributed by atoms with Crippen LogP contribution < -0.4 is 0 Å². The molecule has 0 radical (unpaired) electrons. The van der Waals surface area contributed by atoms with Gasteiger partial charge in [-0.15, -0.1) is 0 Å². The second-order valence-electron chi connectivity index (χ2n) is 12.7. The lowest BCUT2D eigenvalue weighted by Gasteiger charge is -2.59. The summed E-state index contributed by atoms with van der Waals surface area (Å²) in [6.45, 7) is 6.28. The molecule has 4 aliphatic rings. The zero-order valence-corrected chi connectivity index (χ0v) is 21.2. The van der Waals surface area contributed by atoms with Crippen molar-refractivity contribution in [3.63, 3.8) is 0 Å². The third-order valence-corrected chi connectivity index (χ3v) is 10.9. The van der Waals surface area contributed by atoms with E-state index in [1.807, 2.05) is 13.0 Å². The minimum absolute atomic E-state index is 0.0545. The summed E-state index contributed by atoms with van der Waals surface area (Å²) >= 11 is 0. The summed E-state index contributed by atoms with van der Waals surface area (Å²) in [5.41, 5.74) is -4.27. The van der Waals surface area contributed by atoms with Gasteiger partial charge >= 0.3 is 12.4 Å². The number of fused-ring (bicyclic) bond motifs is 5. The molecular weight excluding hydrogens is 489 g/mol. The van der Waals surface area contributed by atoms with Gasteiger partial charge in [0.25, 0.3) is 5.67 Å². The van der Waals surface area contributed by atoms with Crippen LogP contribution in [-0.2, 0) is 0 Å². The highest BCUT2D eigenvalue weighted by atomic mass is 19.4. The molecule has 2 N–H and O–H groups in total. The van der Waals surface area contributed by atoms with Crippen molar-refractivity contribution in [2.24, 2.45) is 40.4 Å². The van der Waals surface area contributed by atoms with Crippen LogP contribution in [0.2, 0.25) is 0 Å². The quantitative estimate of drug-likeness (QED) is 0.286. The zero-order valence-electron chi connectivity index (χ0n) is 21.2.